The molecule has 0 saturated carbocycles. The first-order valence-corrected chi connectivity index (χ1v) is 12.9. The topological polar surface area (TPSA) is 95.7 Å². The Balaban J connectivity index is 1.56. The SMILES string of the molecule is Cc1c(F)ccc2cc([C@H](C)Nc3ncnn4cccc34)c(N3CCN(S(C)(=O)=O)CC3)nc12. The number of anilines is 2. The van der Waals surface area contributed by atoms with Gasteiger partial charge in [0, 0.05) is 48.9 Å². The van der Waals surface area contributed by atoms with Crippen LogP contribution in [0, 0.1) is 12.7 Å². The summed E-state index contributed by atoms with van der Waals surface area (Å²) in [5.41, 5.74) is 2.87. The van der Waals surface area contributed by atoms with Gasteiger partial charge in [0.2, 0.25) is 10.0 Å². The second kappa shape index (κ2) is 8.48. The molecule has 0 aliphatic carbocycles. The highest BCUT2D eigenvalue weighted by molar-refractivity contribution is 7.88. The third-order valence-electron chi connectivity index (χ3n) is 6.34. The Morgan fingerprint density at radius 1 is 1.15 bits per heavy atom. The van der Waals surface area contributed by atoms with E-state index in [1.807, 2.05) is 31.3 Å². The summed E-state index contributed by atoms with van der Waals surface area (Å²) in [5, 5.41) is 8.53. The molecule has 1 fully saturated rings. The molecule has 1 aliphatic heterocycles. The lowest BCUT2D eigenvalue weighted by Crippen LogP contribution is -2.49. The van der Waals surface area contributed by atoms with Crippen LogP contribution in [0.25, 0.3) is 16.4 Å². The van der Waals surface area contributed by atoms with Crippen molar-refractivity contribution < 1.29 is 12.8 Å². The van der Waals surface area contributed by atoms with Crippen molar-refractivity contribution in [3.05, 3.63) is 59.8 Å². The first-order valence-electron chi connectivity index (χ1n) is 11.1. The van der Waals surface area contributed by atoms with E-state index >= 15 is 0 Å². The van der Waals surface area contributed by atoms with Gasteiger partial charge in [0.25, 0.3) is 0 Å². The summed E-state index contributed by atoms with van der Waals surface area (Å²) < 4.78 is 41.5. The van der Waals surface area contributed by atoms with Crippen molar-refractivity contribution >= 4 is 38.1 Å². The second-order valence-corrected chi connectivity index (χ2v) is 10.6. The standard InChI is InChI=1S/C23H26FN7O2S/c1-15-19(24)7-6-17-13-18(16(2)27-22-20-5-4-8-31(20)26-14-25-22)23(28-21(15)17)29-9-11-30(12-10-29)34(3,32)33/h4-8,13-14,16H,9-12H2,1-3H3,(H,25,26,27)/t16-/m0/s1. The maximum atomic E-state index is 14.3. The van der Waals surface area contributed by atoms with E-state index in [9.17, 15) is 12.8 Å². The summed E-state index contributed by atoms with van der Waals surface area (Å²) in [5.74, 6) is 1.11. The van der Waals surface area contributed by atoms with Gasteiger partial charge in [-0.3, -0.25) is 0 Å². The van der Waals surface area contributed by atoms with Gasteiger partial charge >= 0.3 is 0 Å². The fraction of sp³-hybridized carbons (Fsp3) is 0.348. The Morgan fingerprint density at radius 3 is 2.65 bits per heavy atom. The predicted octanol–water partition coefficient (Wildman–Crippen LogP) is 2.98. The Labute approximate surface area is 197 Å². The lowest BCUT2D eigenvalue weighted by molar-refractivity contribution is 0.386. The summed E-state index contributed by atoms with van der Waals surface area (Å²) in [6.07, 6.45) is 4.58. The molecule has 178 valence electrons. The Hall–Kier alpha value is -3.31. The average Bonchev–Trinajstić information content (AvgIpc) is 3.30. The van der Waals surface area contributed by atoms with Gasteiger partial charge in [0.05, 0.1) is 17.8 Å². The fourth-order valence-electron chi connectivity index (χ4n) is 4.43. The minimum absolute atomic E-state index is 0.182. The molecule has 0 amide bonds. The number of benzene rings is 1. The van der Waals surface area contributed by atoms with E-state index in [4.69, 9.17) is 4.98 Å². The zero-order chi connectivity index (χ0) is 24.0. The number of piperazine rings is 1. The van der Waals surface area contributed by atoms with Gasteiger partial charge in [0.15, 0.2) is 5.82 Å². The molecule has 1 N–H and O–H groups in total. The molecule has 1 aliphatic rings. The molecule has 1 atom stereocenters. The van der Waals surface area contributed by atoms with Crippen LogP contribution in [0.3, 0.4) is 0 Å². The Morgan fingerprint density at radius 2 is 1.91 bits per heavy atom. The molecule has 0 spiro atoms. The molecule has 5 rings (SSSR count). The number of nitrogens with zero attached hydrogens (tertiary/aromatic N) is 6. The molecular formula is C23H26FN7O2S. The highest BCUT2D eigenvalue weighted by Crippen LogP contribution is 2.33. The van der Waals surface area contributed by atoms with E-state index in [0.717, 1.165) is 22.3 Å². The van der Waals surface area contributed by atoms with Gasteiger partial charge in [-0.1, -0.05) is 0 Å². The number of aryl methyl sites for hydroxylation is 1. The molecule has 9 nitrogen and oxygen atoms in total. The quantitative estimate of drug-likeness (QED) is 0.466. The highest BCUT2D eigenvalue weighted by atomic mass is 32.2. The van der Waals surface area contributed by atoms with Crippen LogP contribution in [-0.4, -0.2) is 64.7 Å². The number of rotatable bonds is 5. The van der Waals surface area contributed by atoms with Crippen LogP contribution >= 0.6 is 0 Å². The van der Waals surface area contributed by atoms with Crippen LogP contribution in [0.5, 0.6) is 0 Å². The molecule has 1 aromatic carbocycles. The maximum Gasteiger partial charge on any atom is 0.211 e. The lowest BCUT2D eigenvalue weighted by Gasteiger charge is -2.36. The molecule has 4 heterocycles. The molecule has 34 heavy (non-hydrogen) atoms. The van der Waals surface area contributed by atoms with Crippen molar-refractivity contribution in [1.29, 1.82) is 0 Å². The van der Waals surface area contributed by atoms with Crippen LogP contribution in [0.4, 0.5) is 16.0 Å². The monoisotopic (exact) mass is 483 g/mol. The number of halogens is 1. The van der Waals surface area contributed by atoms with Crippen LogP contribution in [-0.2, 0) is 10.0 Å². The van der Waals surface area contributed by atoms with Gasteiger partial charge in [0.1, 0.15) is 23.5 Å². The van der Waals surface area contributed by atoms with Crippen molar-refractivity contribution in [3.8, 4) is 0 Å². The summed E-state index contributed by atoms with van der Waals surface area (Å²) >= 11 is 0. The molecule has 4 aromatic rings. The predicted molar refractivity (Wildman–Crippen MR) is 130 cm³/mol. The third-order valence-corrected chi connectivity index (χ3v) is 7.65. The van der Waals surface area contributed by atoms with Crippen LogP contribution < -0.4 is 10.2 Å². The Kier molecular flexibility index (Phi) is 5.61. The molecular weight excluding hydrogens is 457 g/mol. The zero-order valence-electron chi connectivity index (χ0n) is 19.2. The average molecular weight is 484 g/mol. The summed E-state index contributed by atoms with van der Waals surface area (Å²) in [4.78, 5) is 11.4. The van der Waals surface area contributed by atoms with Crippen molar-refractivity contribution in [1.82, 2.24) is 23.9 Å². The number of aromatic nitrogens is 4. The van der Waals surface area contributed by atoms with Gasteiger partial charge in [-0.05, 0) is 44.2 Å². The molecule has 0 radical (unpaired) electrons. The van der Waals surface area contributed by atoms with E-state index < -0.39 is 10.0 Å². The smallest absolute Gasteiger partial charge is 0.211 e. The molecule has 1 saturated heterocycles. The van der Waals surface area contributed by atoms with Crippen molar-refractivity contribution in [2.24, 2.45) is 0 Å². The number of hydrogen-bond acceptors (Lipinski definition) is 7. The zero-order valence-corrected chi connectivity index (χ0v) is 20.0. The van der Waals surface area contributed by atoms with Gasteiger partial charge < -0.3 is 10.2 Å². The van der Waals surface area contributed by atoms with E-state index in [1.165, 1.54) is 23.0 Å². The number of fused-ring (bicyclic) bond motifs is 2. The minimum Gasteiger partial charge on any atom is -0.362 e. The van der Waals surface area contributed by atoms with Crippen molar-refractivity contribution in [2.75, 3.05) is 42.7 Å². The maximum absolute atomic E-state index is 14.3. The Bertz CT molecular complexity index is 1480. The largest absolute Gasteiger partial charge is 0.362 e. The van der Waals surface area contributed by atoms with Gasteiger partial charge in [-0.2, -0.15) is 9.40 Å². The lowest BCUT2D eigenvalue weighted by atomic mass is 10.0. The first kappa shape index (κ1) is 22.5. The van der Waals surface area contributed by atoms with E-state index in [1.54, 1.807) is 17.5 Å². The molecule has 11 heteroatoms. The third kappa shape index (κ3) is 4.05. The minimum atomic E-state index is -3.25. The normalized spacial score (nSPS) is 16.3. The van der Waals surface area contributed by atoms with Crippen LogP contribution in [0.1, 0.15) is 24.1 Å². The van der Waals surface area contributed by atoms with E-state index in [-0.39, 0.29) is 11.9 Å². The number of pyridine rings is 1. The number of nitrogens with one attached hydrogen (secondary N) is 1. The summed E-state index contributed by atoms with van der Waals surface area (Å²) in [6.45, 7) is 5.49. The van der Waals surface area contributed by atoms with Crippen molar-refractivity contribution in [2.45, 2.75) is 19.9 Å². The van der Waals surface area contributed by atoms with Gasteiger partial charge in [-0.15, -0.1) is 0 Å². The van der Waals surface area contributed by atoms with E-state index in [2.05, 4.69) is 20.3 Å². The van der Waals surface area contributed by atoms with E-state index in [0.29, 0.717) is 43.1 Å². The molecule has 0 unspecified atom stereocenters. The number of hydrogen-bond donors (Lipinski definition) is 1. The summed E-state index contributed by atoms with van der Waals surface area (Å²) in [7, 11) is -3.25. The molecule has 0 bridgehead atoms. The first-order chi connectivity index (χ1) is 16.2. The fourth-order valence-corrected chi connectivity index (χ4v) is 5.25. The number of sulfonamides is 1. The highest BCUT2D eigenvalue weighted by Gasteiger charge is 2.27. The summed E-state index contributed by atoms with van der Waals surface area (Å²) in [6, 6.07) is 8.88. The van der Waals surface area contributed by atoms with Crippen molar-refractivity contribution in [3.63, 3.8) is 0 Å². The van der Waals surface area contributed by atoms with Crippen LogP contribution in [0.15, 0.2) is 42.9 Å². The molecule has 3 aromatic heterocycles. The van der Waals surface area contributed by atoms with Crippen LogP contribution in [0.2, 0.25) is 0 Å². The second-order valence-electron chi connectivity index (χ2n) is 8.61. The van der Waals surface area contributed by atoms with Gasteiger partial charge in [-0.25, -0.2) is 27.3 Å².